The largest absolute Gasteiger partial charge is 0.145 e. The Morgan fingerprint density at radius 3 is 1.67 bits per heavy atom. The van der Waals surface area contributed by atoms with Crippen molar-refractivity contribution in [2.45, 2.75) is 71.0 Å². The first-order chi connectivity index (χ1) is 9.87. The van der Waals surface area contributed by atoms with Gasteiger partial charge in [-0.05, 0) is 40.6 Å². The van der Waals surface area contributed by atoms with E-state index in [0.717, 1.165) is 29.5 Å². The molecule has 114 valence electrons. The second-order valence-corrected chi connectivity index (χ2v) is 13.1. The monoisotopic (exact) mass is 298 g/mol. The van der Waals surface area contributed by atoms with Crippen LogP contribution in [0.25, 0.3) is 0 Å². The molecule has 2 rings (SSSR count). The number of rotatable bonds is 3. The van der Waals surface area contributed by atoms with E-state index >= 15 is 0 Å². The lowest BCUT2D eigenvalue weighted by molar-refractivity contribution is 0.731. The van der Waals surface area contributed by atoms with Crippen molar-refractivity contribution >= 4 is 8.07 Å². The van der Waals surface area contributed by atoms with Crippen molar-refractivity contribution in [2.24, 2.45) is 5.92 Å². The molecule has 0 heterocycles. The molecule has 0 spiro atoms. The van der Waals surface area contributed by atoms with Crippen LogP contribution in [0.15, 0.2) is 24.3 Å². The molecule has 0 nitrogen and oxygen atoms in total. The van der Waals surface area contributed by atoms with E-state index in [1.54, 1.807) is 0 Å². The SMILES string of the molecule is CC(C)[Si](C#CC1Cc2ccccc2C1)(C(C)C)C(C)C. The van der Waals surface area contributed by atoms with Gasteiger partial charge in [0.05, 0.1) is 0 Å². The van der Waals surface area contributed by atoms with E-state index in [-0.39, 0.29) is 0 Å². The molecule has 21 heavy (non-hydrogen) atoms. The minimum Gasteiger partial charge on any atom is -0.130 e. The van der Waals surface area contributed by atoms with Crippen molar-refractivity contribution in [3.8, 4) is 11.5 Å². The number of hydrogen-bond donors (Lipinski definition) is 0. The normalized spacial score (nSPS) is 15.5. The summed E-state index contributed by atoms with van der Waals surface area (Å²) in [6, 6.07) is 8.86. The van der Waals surface area contributed by atoms with E-state index in [9.17, 15) is 0 Å². The van der Waals surface area contributed by atoms with Crippen LogP contribution >= 0.6 is 0 Å². The average Bonchev–Trinajstić information content (AvgIpc) is 2.80. The third kappa shape index (κ3) is 3.11. The highest BCUT2D eigenvalue weighted by atomic mass is 28.3. The van der Waals surface area contributed by atoms with Crippen molar-refractivity contribution in [1.82, 2.24) is 0 Å². The molecular weight excluding hydrogens is 268 g/mol. The summed E-state index contributed by atoms with van der Waals surface area (Å²) in [6.07, 6.45) is 2.31. The summed E-state index contributed by atoms with van der Waals surface area (Å²) in [5.41, 5.74) is 9.12. The van der Waals surface area contributed by atoms with Crippen molar-refractivity contribution in [3.63, 3.8) is 0 Å². The highest BCUT2D eigenvalue weighted by Gasteiger charge is 2.41. The molecule has 1 aromatic rings. The van der Waals surface area contributed by atoms with Gasteiger partial charge in [-0.25, -0.2) is 0 Å². The lowest BCUT2D eigenvalue weighted by atomic mass is 10.1. The Balaban J connectivity index is 2.24. The number of fused-ring (bicyclic) bond motifs is 1. The van der Waals surface area contributed by atoms with E-state index < -0.39 is 8.07 Å². The van der Waals surface area contributed by atoms with Gasteiger partial charge in [-0.1, -0.05) is 65.8 Å². The zero-order chi connectivity index (χ0) is 15.6. The molecule has 0 saturated carbocycles. The van der Waals surface area contributed by atoms with Crippen LogP contribution in [0.3, 0.4) is 0 Å². The second-order valence-electron chi connectivity index (χ2n) is 7.54. The van der Waals surface area contributed by atoms with Crippen molar-refractivity contribution in [3.05, 3.63) is 35.4 Å². The topological polar surface area (TPSA) is 0 Å². The van der Waals surface area contributed by atoms with E-state index in [4.69, 9.17) is 0 Å². The Kier molecular flexibility index (Phi) is 4.99. The summed E-state index contributed by atoms with van der Waals surface area (Å²) in [4.78, 5) is 0. The van der Waals surface area contributed by atoms with E-state index in [2.05, 4.69) is 77.3 Å². The zero-order valence-corrected chi connectivity index (χ0v) is 15.5. The number of benzene rings is 1. The third-order valence-corrected chi connectivity index (χ3v) is 11.7. The highest BCUT2D eigenvalue weighted by Crippen LogP contribution is 2.41. The molecule has 1 aromatic carbocycles. The molecule has 0 saturated heterocycles. The minimum absolute atomic E-state index is 0.547. The molecule has 0 aromatic heterocycles. The Morgan fingerprint density at radius 2 is 1.29 bits per heavy atom. The van der Waals surface area contributed by atoms with Gasteiger partial charge < -0.3 is 0 Å². The maximum Gasteiger partial charge on any atom is 0.145 e. The quantitative estimate of drug-likeness (QED) is 0.501. The van der Waals surface area contributed by atoms with Crippen LogP contribution in [0.2, 0.25) is 16.6 Å². The standard InChI is InChI=1S/C20H30Si/c1-15(2)21(16(3)4,17(5)6)12-11-18-13-19-9-7-8-10-20(19)14-18/h7-10,15-18H,13-14H2,1-6H3. The molecule has 0 unspecified atom stereocenters. The van der Waals surface area contributed by atoms with E-state index in [1.807, 2.05) is 0 Å². The van der Waals surface area contributed by atoms with Crippen LogP contribution < -0.4 is 0 Å². The first-order valence-electron chi connectivity index (χ1n) is 8.47. The van der Waals surface area contributed by atoms with Crippen molar-refractivity contribution < 1.29 is 0 Å². The molecule has 1 heteroatoms. The maximum absolute atomic E-state index is 3.90. The Hall–Kier alpha value is -1.00. The van der Waals surface area contributed by atoms with E-state index in [1.165, 1.54) is 11.1 Å². The van der Waals surface area contributed by atoms with Crippen LogP contribution in [0.5, 0.6) is 0 Å². The second kappa shape index (κ2) is 6.40. The van der Waals surface area contributed by atoms with Gasteiger partial charge in [0.25, 0.3) is 0 Å². The van der Waals surface area contributed by atoms with Gasteiger partial charge in [-0.3, -0.25) is 0 Å². The molecule has 0 bridgehead atoms. The molecule has 0 aliphatic heterocycles. The average molecular weight is 299 g/mol. The summed E-state index contributed by atoms with van der Waals surface area (Å²) in [7, 11) is -1.56. The molecular formula is C20H30Si. The Bertz CT molecular complexity index is 496. The third-order valence-electron chi connectivity index (χ3n) is 5.41. The Labute approximate surface area is 132 Å². The molecule has 0 N–H and O–H groups in total. The van der Waals surface area contributed by atoms with E-state index in [0.29, 0.717) is 5.92 Å². The summed E-state index contributed by atoms with van der Waals surface area (Å²) >= 11 is 0. The van der Waals surface area contributed by atoms with Crippen LogP contribution in [-0.2, 0) is 12.8 Å². The van der Waals surface area contributed by atoms with Crippen molar-refractivity contribution in [1.29, 1.82) is 0 Å². The van der Waals surface area contributed by atoms with Crippen LogP contribution in [0.1, 0.15) is 52.7 Å². The maximum atomic E-state index is 3.90. The van der Waals surface area contributed by atoms with Gasteiger partial charge in [0, 0.05) is 5.92 Å². The van der Waals surface area contributed by atoms with Gasteiger partial charge in [-0.2, -0.15) is 0 Å². The predicted molar refractivity (Wildman–Crippen MR) is 96.2 cm³/mol. The smallest absolute Gasteiger partial charge is 0.130 e. The summed E-state index contributed by atoms with van der Waals surface area (Å²) in [5.74, 6) is 4.27. The lowest BCUT2D eigenvalue weighted by Crippen LogP contribution is -2.43. The van der Waals surface area contributed by atoms with Crippen molar-refractivity contribution in [2.75, 3.05) is 0 Å². The Morgan fingerprint density at radius 1 is 0.857 bits per heavy atom. The fourth-order valence-electron chi connectivity index (χ4n) is 4.32. The summed E-state index contributed by atoms with van der Waals surface area (Å²) < 4.78 is 0. The fourth-order valence-corrected chi connectivity index (χ4v) is 9.64. The molecule has 0 amide bonds. The summed E-state index contributed by atoms with van der Waals surface area (Å²) in [6.45, 7) is 14.4. The first-order valence-corrected chi connectivity index (χ1v) is 10.7. The predicted octanol–water partition coefficient (Wildman–Crippen LogP) is 5.62. The molecule has 0 fully saturated rings. The van der Waals surface area contributed by atoms with Gasteiger partial charge >= 0.3 is 0 Å². The minimum atomic E-state index is -1.56. The first kappa shape index (κ1) is 16.4. The number of hydrogen-bond acceptors (Lipinski definition) is 0. The molecule has 0 atom stereocenters. The fraction of sp³-hybridized carbons (Fsp3) is 0.600. The van der Waals surface area contributed by atoms with Gasteiger partial charge in [0.2, 0.25) is 0 Å². The molecule has 1 aliphatic carbocycles. The van der Waals surface area contributed by atoms with Gasteiger partial charge in [-0.15, -0.1) is 11.5 Å². The van der Waals surface area contributed by atoms with Gasteiger partial charge in [0.15, 0.2) is 0 Å². The molecule has 1 aliphatic rings. The zero-order valence-electron chi connectivity index (χ0n) is 14.5. The highest BCUT2D eigenvalue weighted by molar-refractivity contribution is 6.90. The summed E-state index contributed by atoms with van der Waals surface area (Å²) in [5, 5.41) is 0. The van der Waals surface area contributed by atoms with Crippen LogP contribution in [0, 0.1) is 17.4 Å². The van der Waals surface area contributed by atoms with Crippen LogP contribution in [0.4, 0.5) is 0 Å². The molecule has 0 radical (unpaired) electrons. The van der Waals surface area contributed by atoms with Crippen LogP contribution in [-0.4, -0.2) is 8.07 Å². The van der Waals surface area contributed by atoms with Gasteiger partial charge in [0.1, 0.15) is 8.07 Å². The lowest BCUT2D eigenvalue weighted by Gasteiger charge is -2.38.